The second-order valence-electron chi connectivity index (χ2n) is 23.9. The summed E-state index contributed by atoms with van der Waals surface area (Å²) in [5.74, 6) is -3.16. The Hall–Kier alpha value is -6.20. The molecule has 27 heteroatoms. The normalized spacial score (nSPS) is 18.9. The molecule has 1 unspecified atom stereocenters. The Bertz CT molecular complexity index is 2370. The average molecular weight is 1300 g/mol. The van der Waals surface area contributed by atoms with Gasteiger partial charge >= 0.3 is 0 Å². The van der Waals surface area contributed by atoms with E-state index in [2.05, 4.69) is 83.7 Å². The van der Waals surface area contributed by atoms with Crippen LogP contribution in [0.4, 0.5) is 0 Å². The highest BCUT2D eigenvalue weighted by molar-refractivity contribution is 7.80. The number of nitrogens with two attached hydrogens (primary N) is 2. The summed E-state index contributed by atoms with van der Waals surface area (Å²) in [6, 6.07) is 10.4. The van der Waals surface area contributed by atoms with Gasteiger partial charge in [0.1, 0.15) is 23.3 Å². The van der Waals surface area contributed by atoms with E-state index in [1.165, 1.54) is 24.3 Å². The SMILES string of the molecule is NC(=O)C(CS)CC(=O)CCCCCCC(=O)[C@H](Cc1ccc(O)cc1)NC(=O)CCCC(=O)NC12CNCCNCC(NC(=O)CCCC(=O)N[C@@H](Cc3ccc(O)cc3)C(=O)CCCCCCC(=O)N[C@@H](CS)C(N)=O)(CNCCNC1)CNCCNC2. The molecule has 5 rings (SSSR count). The zero-order valence-corrected chi connectivity index (χ0v) is 54.0. The van der Waals surface area contributed by atoms with Gasteiger partial charge in [0.2, 0.25) is 41.4 Å². The fourth-order valence-corrected chi connectivity index (χ4v) is 11.4. The number of thiol groups is 2. The number of carbonyl (C=O) groups excluding carboxylic acids is 10. The summed E-state index contributed by atoms with van der Waals surface area (Å²) in [6.45, 7) is 5.71. The summed E-state index contributed by atoms with van der Waals surface area (Å²) in [5, 5.41) is 55.7. The van der Waals surface area contributed by atoms with Crippen molar-refractivity contribution in [1.82, 2.24) is 58.5 Å². The highest BCUT2D eigenvalue weighted by atomic mass is 32.1. The maximum absolute atomic E-state index is 13.8. The molecule has 3 aliphatic rings. The fraction of sp³-hybridized carbons (Fsp3) is 0.651. The molecule has 3 fully saturated rings. The van der Waals surface area contributed by atoms with E-state index in [9.17, 15) is 58.2 Å². The zero-order chi connectivity index (χ0) is 65.6. The second-order valence-corrected chi connectivity index (χ2v) is 24.6. The number of unbranched alkanes of at least 4 members (excludes halogenated alkanes) is 6. The van der Waals surface area contributed by atoms with Gasteiger partial charge in [0.05, 0.1) is 29.1 Å². The molecule has 7 amide bonds. The van der Waals surface area contributed by atoms with E-state index in [4.69, 9.17) is 11.5 Å². The highest BCUT2D eigenvalue weighted by Crippen LogP contribution is 2.18. The molecule has 4 atom stereocenters. The van der Waals surface area contributed by atoms with Crippen LogP contribution in [0.25, 0.3) is 0 Å². The number of phenols is 2. The van der Waals surface area contributed by atoms with Crippen molar-refractivity contribution in [2.75, 3.05) is 90.0 Å². The van der Waals surface area contributed by atoms with E-state index < -0.39 is 46.9 Å². The van der Waals surface area contributed by atoms with E-state index in [1.54, 1.807) is 24.3 Å². The van der Waals surface area contributed by atoms with Crippen molar-refractivity contribution in [3.63, 3.8) is 0 Å². The van der Waals surface area contributed by atoms with E-state index >= 15 is 0 Å². The molecule has 2 aromatic rings. The maximum atomic E-state index is 13.8. The highest BCUT2D eigenvalue weighted by Gasteiger charge is 2.35. The van der Waals surface area contributed by atoms with Crippen LogP contribution in [0, 0.1) is 5.92 Å². The quantitative estimate of drug-likeness (QED) is 0.0313. The van der Waals surface area contributed by atoms with Crippen molar-refractivity contribution >= 4 is 84.0 Å². The number of carbonyl (C=O) groups is 10. The van der Waals surface area contributed by atoms with Gasteiger partial charge < -0.3 is 80.2 Å². The molecule has 0 saturated carbocycles. The summed E-state index contributed by atoms with van der Waals surface area (Å²) < 4.78 is 0. The number of hydrogen-bond donors (Lipinski definition) is 17. The number of amides is 7. The van der Waals surface area contributed by atoms with Crippen molar-refractivity contribution in [1.29, 1.82) is 0 Å². The minimum Gasteiger partial charge on any atom is -0.508 e. The standard InChI is InChI=1S/C63H101N13O12S2/c64-60(87)46(36-89)35-49(79)11-5-1-2-6-12-53(80)50(33-44-19-23-47(77)24-20-44)72-56(83)15-9-17-58(85)75-62-38-66-27-30-69-41-63(42-70-31-28-67-39-62,43-71-32-29-68-40-62)76-59(86)18-10-16-57(84)73-51(34-45-21-25-48(78)26-22-45)54(81)13-7-3-4-8-14-55(82)74-52(37-90)61(65)88/h19-26,46,50-52,66-71,77-78,89-90H,1-18,27-43H2,(H2,64,87)(H2,65,88)(H,72,83)(H,73,84)(H,74,82)(H,75,85)(H,76,86)/t46?,50-,51-,52-,62?,63?/m0/s1. The Labute approximate surface area is 540 Å². The van der Waals surface area contributed by atoms with Crippen LogP contribution in [-0.2, 0) is 60.8 Å². The summed E-state index contributed by atoms with van der Waals surface area (Å²) in [5.41, 5.74) is 10.6. The van der Waals surface area contributed by atoms with Gasteiger partial charge in [-0.05, 0) is 86.8 Å². The van der Waals surface area contributed by atoms with Gasteiger partial charge in [-0.15, -0.1) is 0 Å². The molecule has 0 aliphatic carbocycles. The number of primary amides is 2. The first-order chi connectivity index (χ1) is 43.2. The predicted octanol–water partition coefficient (Wildman–Crippen LogP) is 0.178. The van der Waals surface area contributed by atoms with Crippen LogP contribution in [0.2, 0.25) is 0 Å². The molecule has 0 spiro atoms. The van der Waals surface area contributed by atoms with Crippen LogP contribution in [-0.4, -0.2) is 188 Å². The fourth-order valence-electron chi connectivity index (χ4n) is 10.8. The van der Waals surface area contributed by atoms with Gasteiger partial charge in [-0.25, -0.2) is 0 Å². The number of fused-ring (bicyclic) bond motifs is 15. The Morgan fingerprint density at radius 2 is 0.733 bits per heavy atom. The Morgan fingerprint density at radius 3 is 1.07 bits per heavy atom. The van der Waals surface area contributed by atoms with Gasteiger partial charge in [-0.2, -0.15) is 25.3 Å². The number of Topliss-reactive ketones (excluding diaryl/α,β-unsaturated/α-hetero) is 3. The molecule has 3 aliphatic heterocycles. The number of benzene rings is 2. The van der Waals surface area contributed by atoms with Crippen LogP contribution >= 0.6 is 25.3 Å². The molecular weight excluding hydrogens is 1190 g/mol. The number of rotatable bonds is 39. The third-order valence-corrected chi connectivity index (χ3v) is 16.8. The second kappa shape index (κ2) is 42.8. The van der Waals surface area contributed by atoms with Gasteiger partial charge in [0, 0.05) is 148 Å². The topological polar surface area (TPSA) is 396 Å². The van der Waals surface area contributed by atoms with Crippen molar-refractivity contribution in [3.05, 3.63) is 59.7 Å². The number of nitrogens with one attached hydrogen (secondary N) is 11. The molecular formula is C63H101N13O12S2. The zero-order valence-electron chi connectivity index (χ0n) is 52.2. The van der Waals surface area contributed by atoms with Gasteiger partial charge in [0.25, 0.3) is 0 Å². The van der Waals surface area contributed by atoms with Crippen molar-refractivity contribution < 1.29 is 58.2 Å². The summed E-state index contributed by atoms with van der Waals surface area (Å²) >= 11 is 8.16. The van der Waals surface area contributed by atoms with Gasteiger partial charge in [0.15, 0.2) is 11.6 Å². The Morgan fingerprint density at radius 1 is 0.411 bits per heavy atom. The van der Waals surface area contributed by atoms with Gasteiger partial charge in [-0.3, -0.25) is 47.9 Å². The molecule has 3 heterocycles. The molecule has 25 nitrogen and oxygen atoms in total. The third kappa shape index (κ3) is 31.2. The van der Waals surface area contributed by atoms with Crippen molar-refractivity contribution in [2.45, 2.75) is 164 Å². The third-order valence-electron chi connectivity index (χ3n) is 16.0. The van der Waals surface area contributed by atoms with Crippen molar-refractivity contribution in [3.8, 4) is 11.5 Å². The minimum absolute atomic E-state index is 0.00852. The van der Waals surface area contributed by atoms with E-state index in [0.29, 0.717) is 136 Å². The molecule has 502 valence electrons. The van der Waals surface area contributed by atoms with E-state index in [-0.39, 0.29) is 147 Å². The van der Waals surface area contributed by atoms with Gasteiger partial charge in [-0.1, -0.05) is 49.9 Å². The monoisotopic (exact) mass is 1300 g/mol. The van der Waals surface area contributed by atoms with Crippen LogP contribution in [0.1, 0.15) is 133 Å². The first kappa shape index (κ1) is 76.3. The molecule has 0 radical (unpaired) electrons. The van der Waals surface area contributed by atoms with E-state index in [1.807, 2.05) is 0 Å². The summed E-state index contributed by atoms with van der Waals surface area (Å²) in [6.07, 6.45) is 7.10. The average Bonchev–Trinajstić information content (AvgIpc) is 3.67. The lowest BCUT2D eigenvalue weighted by molar-refractivity contribution is -0.128. The first-order valence-corrected chi connectivity index (χ1v) is 33.2. The lowest BCUT2D eigenvalue weighted by atomic mass is 9.96. The summed E-state index contributed by atoms with van der Waals surface area (Å²) in [7, 11) is 0. The van der Waals surface area contributed by atoms with Crippen LogP contribution in [0.3, 0.4) is 0 Å². The predicted molar refractivity (Wildman–Crippen MR) is 351 cm³/mol. The van der Waals surface area contributed by atoms with Crippen LogP contribution < -0.4 is 70.0 Å². The van der Waals surface area contributed by atoms with Crippen LogP contribution in [0.5, 0.6) is 11.5 Å². The number of hydrogen-bond acceptors (Lipinski definition) is 20. The number of aromatic hydroxyl groups is 2. The minimum atomic E-state index is -0.840. The Kier molecular flexibility index (Phi) is 36.2. The smallest absolute Gasteiger partial charge is 0.240 e. The Balaban J connectivity index is 1.25. The molecule has 3 saturated heterocycles. The molecule has 17 N–H and O–H groups in total. The van der Waals surface area contributed by atoms with Crippen LogP contribution in [0.15, 0.2) is 48.5 Å². The number of ketones is 3. The van der Waals surface area contributed by atoms with E-state index in [0.717, 1.165) is 11.1 Å². The number of phenolic OH excluding ortho intramolecular Hbond substituents is 2. The maximum Gasteiger partial charge on any atom is 0.240 e. The summed E-state index contributed by atoms with van der Waals surface area (Å²) in [4.78, 5) is 129. The molecule has 0 aromatic heterocycles. The molecule has 90 heavy (non-hydrogen) atoms. The van der Waals surface area contributed by atoms with Crippen molar-refractivity contribution in [2.24, 2.45) is 17.4 Å². The molecule has 2 bridgehead atoms. The first-order valence-electron chi connectivity index (χ1n) is 31.9. The lowest BCUT2D eigenvalue weighted by Crippen LogP contribution is -2.68. The molecule has 2 aromatic carbocycles. The lowest BCUT2D eigenvalue weighted by Gasteiger charge is -2.39. The largest absolute Gasteiger partial charge is 0.508 e.